The minimum Gasteiger partial charge on any atom is -0.207 e. The first-order chi connectivity index (χ1) is 11.4. The third-order valence-corrected chi connectivity index (χ3v) is 7.72. The second-order valence-corrected chi connectivity index (χ2v) is 9.27. The first kappa shape index (κ1) is 17.9. The van der Waals surface area contributed by atoms with E-state index in [1.807, 2.05) is 18.4 Å². The van der Waals surface area contributed by atoms with Gasteiger partial charge in [-0.25, -0.2) is 12.8 Å². The van der Waals surface area contributed by atoms with Crippen LogP contribution in [0.2, 0.25) is 5.02 Å². The van der Waals surface area contributed by atoms with Gasteiger partial charge in [0.1, 0.15) is 5.82 Å². The van der Waals surface area contributed by atoms with Crippen molar-refractivity contribution in [2.45, 2.75) is 43.5 Å². The highest BCUT2D eigenvalue weighted by molar-refractivity contribution is 7.89. The lowest BCUT2D eigenvalue weighted by Gasteiger charge is -2.29. The maximum atomic E-state index is 13.4. The van der Waals surface area contributed by atoms with Crippen molar-refractivity contribution in [3.63, 3.8) is 0 Å². The molecule has 0 saturated carbocycles. The summed E-state index contributed by atoms with van der Waals surface area (Å²) < 4.78 is 41.3. The number of aryl methyl sites for hydroxylation is 1. The molecular formula is C17H19ClFNO2S2. The molecule has 1 aliphatic heterocycles. The van der Waals surface area contributed by atoms with E-state index in [1.54, 1.807) is 15.6 Å². The molecule has 1 aliphatic rings. The Morgan fingerprint density at radius 3 is 2.71 bits per heavy atom. The smallest absolute Gasteiger partial charge is 0.207 e. The largest absolute Gasteiger partial charge is 0.243 e. The van der Waals surface area contributed by atoms with Gasteiger partial charge in [0.2, 0.25) is 10.0 Å². The van der Waals surface area contributed by atoms with Crippen LogP contribution in [-0.2, 0) is 10.0 Å². The van der Waals surface area contributed by atoms with E-state index in [-0.39, 0.29) is 16.0 Å². The molecule has 1 saturated heterocycles. The first-order valence-electron chi connectivity index (χ1n) is 7.92. The number of benzene rings is 1. The minimum absolute atomic E-state index is 0.0509. The third-order valence-electron chi connectivity index (χ3n) is 4.41. The summed E-state index contributed by atoms with van der Waals surface area (Å²) in [6.45, 7) is 2.48. The van der Waals surface area contributed by atoms with E-state index in [2.05, 4.69) is 0 Å². The molecule has 0 unspecified atom stereocenters. The highest BCUT2D eigenvalue weighted by Crippen LogP contribution is 2.38. The quantitative estimate of drug-likeness (QED) is 0.729. The average molecular weight is 388 g/mol. The van der Waals surface area contributed by atoms with Crippen LogP contribution >= 0.6 is 22.9 Å². The molecule has 2 aromatic rings. The van der Waals surface area contributed by atoms with E-state index >= 15 is 0 Å². The standard InChI is InChI=1S/C17H19ClFNO2S2/c1-12-8-10-23-17(12)16-5-3-2-4-9-20(16)24(21,22)13-6-7-15(19)14(18)11-13/h6-8,10-11,16H,2-5,9H2,1H3/t16-/m0/s1. The summed E-state index contributed by atoms with van der Waals surface area (Å²) >= 11 is 7.39. The van der Waals surface area contributed by atoms with Crippen LogP contribution in [0.4, 0.5) is 4.39 Å². The van der Waals surface area contributed by atoms with Gasteiger partial charge in [-0.3, -0.25) is 0 Å². The van der Waals surface area contributed by atoms with E-state index < -0.39 is 15.8 Å². The predicted molar refractivity (Wildman–Crippen MR) is 95.6 cm³/mol. The Hall–Kier alpha value is -0.950. The van der Waals surface area contributed by atoms with Crippen molar-refractivity contribution >= 4 is 33.0 Å². The predicted octanol–water partition coefficient (Wildman–Crippen LogP) is 5.16. The Bertz CT molecular complexity index is 835. The van der Waals surface area contributed by atoms with Gasteiger partial charge in [0.25, 0.3) is 0 Å². The molecule has 1 fully saturated rings. The lowest BCUT2D eigenvalue weighted by Crippen LogP contribution is -2.34. The van der Waals surface area contributed by atoms with Gasteiger partial charge in [0.15, 0.2) is 0 Å². The second-order valence-electron chi connectivity index (χ2n) is 6.02. The van der Waals surface area contributed by atoms with E-state index in [9.17, 15) is 12.8 Å². The SMILES string of the molecule is Cc1ccsc1[C@@H]1CCCCCN1S(=O)(=O)c1ccc(F)c(Cl)c1. The maximum Gasteiger partial charge on any atom is 0.243 e. The zero-order valence-corrected chi connectivity index (χ0v) is 15.7. The van der Waals surface area contributed by atoms with Gasteiger partial charge in [-0.15, -0.1) is 11.3 Å². The fourth-order valence-corrected chi connectivity index (χ4v) is 6.21. The van der Waals surface area contributed by atoms with Crippen LogP contribution in [0.5, 0.6) is 0 Å². The van der Waals surface area contributed by atoms with Crippen LogP contribution in [0, 0.1) is 12.7 Å². The lowest BCUT2D eigenvalue weighted by atomic mass is 10.1. The van der Waals surface area contributed by atoms with Gasteiger partial charge in [0.05, 0.1) is 16.0 Å². The zero-order chi connectivity index (χ0) is 17.3. The topological polar surface area (TPSA) is 37.4 Å². The number of rotatable bonds is 3. The number of sulfonamides is 1. The van der Waals surface area contributed by atoms with Gasteiger partial charge in [-0.2, -0.15) is 4.31 Å². The molecule has 0 aliphatic carbocycles. The minimum atomic E-state index is -3.73. The van der Waals surface area contributed by atoms with Gasteiger partial charge in [0, 0.05) is 11.4 Å². The Labute approximate surface area is 151 Å². The number of hydrogen-bond acceptors (Lipinski definition) is 3. The van der Waals surface area contributed by atoms with Crippen molar-refractivity contribution in [3.05, 3.63) is 50.9 Å². The molecule has 3 nitrogen and oxygen atoms in total. The van der Waals surface area contributed by atoms with E-state index in [4.69, 9.17) is 11.6 Å². The molecule has 0 N–H and O–H groups in total. The number of nitrogens with zero attached hydrogens (tertiary/aromatic N) is 1. The number of halogens is 2. The molecule has 1 aromatic heterocycles. The molecule has 3 rings (SSSR count). The maximum absolute atomic E-state index is 13.4. The molecule has 0 amide bonds. The zero-order valence-electron chi connectivity index (χ0n) is 13.3. The molecule has 0 bridgehead atoms. The fourth-order valence-electron chi connectivity index (χ4n) is 3.13. The molecule has 7 heteroatoms. The van der Waals surface area contributed by atoms with Crippen molar-refractivity contribution in [1.29, 1.82) is 0 Å². The summed E-state index contributed by atoms with van der Waals surface area (Å²) in [7, 11) is -3.73. The van der Waals surface area contributed by atoms with Crippen LogP contribution in [0.25, 0.3) is 0 Å². The molecule has 0 spiro atoms. The Kier molecular flexibility index (Phi) is 5.30. The third kappa shape index (κ3) is 3.38. The summed E-state index contributed by atoms with van der Waals surface area (Å²) in [4.78, 5) is 1.14. The van der Waals surface area contributed by atoms with Crippen LogP contribution < -0.4 is 0 Å². The Morgan fingerprint density at radius 2 is 2.04 bits per heavy atom. The van der Waals surface area contributed by atoms with Gasteiger partial charge < -0.3 is 0 Å². The molecule has 1 atom stereocenters. The second kappa shape index (κ2) is 7.12. The van der Waals surface area contributed by atoms with E-state index in [0.717, 1.165) is 42.2 Å². The van der Waals surface area contributed by atoms with Gasteiger partial charge in [-0.05, 0) is 55.0 Å². The summed E-state index contributed by atoms with van der Waals surface area (Å²) in [5.74, 6) is -0.614. The highest BCUT2D eigenvalue weighted by Gasteiger charge is 2.34. The van der Waals surface area contributed by atoms with E-state index in [0.29, 0.717) is 6.54 Å². The monoisotopic (exact) mass is 387 g/mol. The van der Waals surface area contributed by atoms with Gasteiger partial charge >= 0.3 is 0 Å². The molecule has 130 valence electrons. The first-order valence-corrected chi connectivity index (χ1v) is 10.6. The van der Waals surface area contributed by atoms with Crippen molar-refractivity contribution in [2.75, 3.05) is 6.54 Å². The van der Waals surface area contributed by atoms with Crippen molar-refractivity contribution in [3.8, 4) is 0 Å². The molecule has 0 radical (unpaired) electrons. The molecule has 1 aromatic carbocycles. The Morgan fingerprint density at radius 1 is 1.25 bits per heavy atom. The lowest BCUT2D eigenvalue weighted by molar-refractivity contribution is 0.332. The van der Waals surface area contributed by atoms with Gasteiger partial charge in [-0.1, -0.05) is 24.4 Å². The molecular weight excluding hydrogens is 369 g/mol. The van der Waals surface area contributed by atoms with Crippen molar-refractivity contribution in [2.24, 2.45) is 0 Å². The van der Waals surface area contributed by atoms with Crippen LogP contribution in [0.3, 0.4) is 0 Å². The van der Waals surface area contributed by atoms with E-state index in [1.165, 1.54) is 12.1 Å². The summed E-state index contributed by atoms with van der Waals surface area (Å²) in [6.07, 6.45) is 3.64. The summed E-state index contributed by atoms with van der Waals surface area (Å²) in [5, 5.41) is 1.82. The average Bonchev–Trinajstić information content (AvgIpc) is 2.82. The summed E-state index contributed by atoms with van der Waals surface area (Å²) in [6, 6.07) is 5.46. The Balaban J connectivity index is 2.05. The fraction of sp³-hybridized carbons (Fsp3) is 0.412. The number of thiophene rings is 1. The molecule has 2 heterocycles. The van der Waals surface area contributed by atoms with Crippen molar-refractivity contribution < 1.29 is 12.8 Å². The van der Waals surface area contributed by atoms with Crippen LogP contribution in [0.15, 0.2) is 34.5 Å². The van der Waals surface area contributed by atoms with Crippen LogP contribution in [0.1, 0.15) is 42.2 Å². The van der Waals surface area contributed by atoms with Crippen LogP contribution in [-0.4, -0.2) is 19.3 Å². The van der Waals surface area contributed by atoms with Crippen molar-refractivity contribution in [1.82, 2.24) is 4.31 Å². The highest BCUT2D eigenvalue weighted by atomic mass is 35.5. The molecule has 24 heavy (non-hydrogen) atoms. The normalized spacial score (nSPS) is 20.0. The summed E-state index contributed by atoms with van der Waals surface area (Å²) in [5.41, 5.74) is 1.12. The number of hydrogen-bond donors (Lipinski definition) is 0.